The summed E-state index contributed by atoms with van der Waals surface area (Å²) in [5, 5.41) is 0. The molecule has 1 atom stereocenters. The maximum atomic E-state index is 11.8. The van der Waals surface area contributed by atoms with Gasteiger partial charge >= 0.3 is 0 Å². The van der Waals surface area contributed by atoms with E-state index in [2.05, 4.69) is 13.8 Å². The first kappa shape index (κ1) is 11.5. The van der Waals surface area contributed by atoms with E-state index in [0.29, 0.717) is 12.0 Å². The highest BCUT2D eigenvalue weighted by Gasteiger charge is 2.28. The number of carbonyl (C=O) groups excluding carboxylic acids is 1. The molecule has 3 heteroatoms. The minimum Gasteiger partial charge on any atom is -0.341 e. The summed E-state index contributed by atoms with van der Waals surface area (Å²) >= 11 is 0. The third kappa shape index (κ3) is 2.71. The Kier molecular flexibility index (Phi) is 3.93. The fourth-order valence-electron chi connectivity index (χ4n) is 1.82. The molecule has 1 aliphatic rings. The lowest BCUT2D eigenvalue weighted by Gasteiger charge is -2.36. The summed E-state index contributed by atoms with van der Waals surface area (Å²) < 4.78 is 0. The van der Waals surface area contributed by atoms with Crippen molar-refractivity contribution in [1.29, 1.82) is 0 Å². The molecule has 0 bridgehead atoms. The first-order chi connectivity index (χ1) is 6.52. The van der Waals surface area contributed by atoms with Crippen molar-refractivity contribution in [1.82, 2.24) is 4.90 Å². The van der Waals surface area contributed by atoms with Gasteiger partial charge in [-0.15, -0.1) is 0 Å². The number of hydrogen-bond acceptors (Lipinski definition) is 2. The minimum absolute atomic E-state index is 0.114. The van der Waals surface area contributed by atoms with Crippen molar-refractivity contribution in [2.75, 3.05) is 7.05 Å². The van der Waals surface area contributed by atoms with Gasteiger partial charge in [0.25, 0.3) is 0 Å². The van der Waals surface area contributed by atoms with Crippen molar-refractivity contribution < 1.29 is 4.79 Å². The van der Waals surface area contributed by atoms with Crippen LogP contribution in [-0.2, 0) is 4.79 Å². The molecule has 0 aromatic rings. The smallest absolute Gasteiger partial charge is 0.239 e. The summed E-state index contributed by atoms with van der Waals surface area (Å²) in [5.41, 5.74) is 5.84. The van der Waals surface area contributed by atoms with Gasteiger partial charge < -0.3 is 10.6 Å². The number of amides is 1. The number of nitrogens with zero attached hydrogens (tertiary/aromatic N) is 1. The summed E-state index contributed by atoms with van der Waals surface area (Å²) in [5.74, 6) is 0.604. The Morgan fingerprint density at radius 3 is 2.43 bits per heavy atom. The van der Waals surface area contributed by atoms with E-state index in [1.807, 2.05) is 11.9 Å². The van der Waals surface area contributed by atoms with Gasteiger partial charge in [-0.3, -0.25) is 4.79 Å². The van der Waals surface area contributed by atoms with Gasteiger partial charge in [0.15, 0.2) is 0 Å². The maximum absolute atomic E-state index is 11.8. The van der Waals surface area contributed by atoms with E-state index in [9.17, 15) is 4.79 Å². The fourth-order valence-corrected chi connectivity index (χ4v) is 1.82. The first-order valence-corrected chi connectivity index (χ1v) is 5.54. The van der Waals surface area contributed by atoms with E-state index in [1.54, 1.807) is 0 Å². The second-order valence-corrected chi connectivity index (χ2v) is 4.77. The van der Waals surface area contributed by atoms with Gasteiger partial charge in [0.05, 0.1) is 6.04 Å². The van der Waals surface area contributed by atoms with E-state index in [0.717, 1.165) is 19.3 Å². The molecule has 0 heterocycles. The quantitative estimate of drug-likeness (QED) is 0.741. The largest absolute Gasteiger partial charge is 0.341 e. The van der Waals surface area contributed by atoms with Crippen LogP contribution in [0, 0.1) is 5.92 Å². The van der Waals surface area contributed by atoms with E-state index >= 15 is 0 Å². The van der Waals surface area contributed by atoms with Crippen LogP contribution in [0.3, 0.4) is 0 Å². The highest BCUT2D eigenvalue weighted by Crippen LogP contribution is 2.24. The predicted molar refractivity (Wildman–Crippen MR) is 57.8 cm³/mol. The van der Waals surface area contributed by atoms with Crippen LogP contribution in [0.15, 0.2) is 0 Å². The van der Waals surface area contributed by atoms with Crippen LogP contribution >= 0.6 is 0 Å². The molecule has 1 aliphatic carbocycles. The molecule has 0 spiro atoms. The molecular weight excluding hydrogens is 176 g/mol. The fraction of sp³-hybridized carbons (Fsp3) is 0.909. The molecule has 0 aromatic heterocycles. The molecule has 1 saturated carbocycles. The molecular formula is C11H22N2O. The van der Waals surface area contributed by atoms with Crippen molar-refractivity contribution in [2.24, 2.45) is 11.7 Å². The maximum Gasteiger partial charge on any atom is 0.239 e. The Bertz CT molecular complexity index is 199. The molecule has 1 amide bonds. The number of hydrogen-bond donors (Lipinski definition) is 1. The molecule has 0 saturated heterocycles. The highest BCUT2D eigenvalue weighted by atomic mass is 16.2. The Labute approximate surface area is 86.6 Å². The second kappa shape index (κ2) is 4.78. The average Bonchev–Trinajstić information content (AvgIpc) is 1.98. The molecule has 14 heavy (non-hydrogen) atoms. The number of likely N-dealkylation sites (N-methyl/N-ethyl adjacent to an activating group) is 1. The lowest BCUT2D eigenvalue weighted by atomic mass is 9.91. The van der Waals surface area contributed by atoms with E-state index < -0.39 is 0 Å². The van der Waals surface area contributed by atoms with Crippen molar-refractivity contribution in [3.63, 3.8) is 0 Å². The summed E-state index contributed by atoms with van der Waals surface area (Å²) in [6, 6.07) is 0.154. The Morgan fingerprint density at radius 2 is 2.07 bits per heavy atom. The highest BCUT2D eigenvalue weighted by molar-refractivity contribution is 5.81. The summed E-state index contributed by atoms with van der Waals surface area (Å²) in [6.45, 7) is 4.19. The van der Waals surface area contributed by atoms with E-state index in [4.69, 9.17) is 5.73 Å². The molecule has 3 nitrogen and oxygen atoms in total. The normalized spacial score (nSPS) is 19.2. The van der Waals surface area contributed by atoms with Crippen LogP contribution in [0.1, 0.15) is 39.5 Å². The number of rotatable bonds is 4. The molecule has 82 valence electrons. The van der Waals surface area contributed by atoms with Crippen LogP contribution in [-0.4, -0.2) is 29.9 Å². The van der Waals surface area contributed by atoms with Gasteiger partial charge in [0.2, 0.25) is 5.91 Å². The number of nitrogens with two attached hydrogens (primary N) is 1. The number of carbonyl (C=O) groups is 1. The summed E-state index contributed by atoms with van der Waals surface area (Å²) in [7, 11) is 1.88. The van der Waals surface area contributed by atoms with E-state index in [1.165, 1.54) is 6.42 Å². The third-order valence-electron chi connectivity index (χ3n) is 3.01. The van der Waals surface area contributed by atoms with Gasteiger partial charge in [-0.25, -0.2) is 0 Å². The van der Waals surface area contributed by atoms with Crippen LogP contribution in [0.2, 0.25) is 0 Å². The molecule has 0 radical (unpaired) electrons. The van der Waals surface area contributed by atoms with Crippen molar-refractivity contribution in [2.45, 2.75) is 51.6 Å². The van der Waals surface area contributed by atoms with Crippen molar-refractivity contribution in [3.05, 3.63) is 0 Å². The molecule has 0 unspecified atom stereocenters. The standard InChI is InChI=1S/C11H22N2O/c1-8(2)7-10(12)11(14)13(3)9-5-4-6-9/h8-10H,4-7,12H2,1-3H3/t10-/m0/s1. The van der Waals surface area contributed by atoms with Gasteiger partial charge in [0, 0.05) is 13.1 Å². The van der Waals surface area contributed by atoms with Gasteiger partial charge in [-0.05, 0) is 31.6 Å². The molecule has 1 rings (SSSR count). The minimum atomic E-state index is -0.305. The van der Waals surface area contributed by atoms with Crippen LogP contribution in [0.25, 0.3) is 0 Å². The van der Waals surface area contributed by atoms with Gasteiger partial charge in [0.1, 0.15) is 0 Å². The SMILES string of the molecule is CC(C)C[C@H](N)C(=O)N(C)C1CCC1. The van der Waals surface area contributed by atoms with Crippen molar-refractivity contribution >= 4 is 5.91 Å². The lowest BCUT2D eigenvalue weighted by molar-refractivity contribution is -0.135. The van der Waals surface area contributed by atoms with E-state index in [-0.39, 0.29) is 11.9 Å². The zero-order valence-corrected chi connectivity index (χ0v) is 9.49. The lowest BCUT2D eigenvalue weighted by Crippen LogP contribution is -2.49. The molecule has 0 aromatic carbocycles. The molecule has 0 aliphatic heterocycles. The average molecular weight is 198 g/mol. The van der Waals surface area contributed by atoms with Crippen LogP contribution < -0.4 is 5.73 Å². The second-order valence-electron chi connectivity index (χ2n) is 4.77. The van der Waals surface area contributed by atoms with Gasteiger partial charge in [-0.1, -0.05) is 13.8 Å². The molecule has 1 fully saturated rings. The third-order valence-corrected chi connectivity index (χ3v) is 3.01. The van der Waals surface area contributed by atoms with Crippen molar-refractivity contribution in [3.8, 4) is 0 Å². The zero-order chi connectivity index (χ0) is 10.7. The van der Waals surface area contributed by atoms with Crippen LogP contribution in [0.4, 0.5) is 0 Å². The topological polar surface area (TPSA) is 46.3 Å². The predicted octanol–water partition coefficient (Wildman–Crippen LogP) is 1.37. The Hall–Kier alpha value is -0.570. The summed E-state index contributed by atoms with van der Waals surface area (Å²) in [6.07, 6.45) is 4.34. The first-order valence-electron chi connectivity index (χ1n) is 5.54. The van der Waals surface area contributed by atoms with Gasteiger partial charge in [-0.2, -0.15) is 0 Å². The zero-order valence-electron chi connectivity index (χ0n) is 9.49. The monoisotopic (exact) mass is 198 g/mol. The Morgan fingerprint density at radius 1 is 1.50 bits per heavy atom. The summed E-state index contributed by atoms with van der Waals surface area (Å²) in [4.78, 5) is 13.7. The van der Waals surface area contributed by atoms with Crippen LogP contribution in [0.5, 0.6) is 0 Å². The molecule has 2 N–H and O–H groups in total. The Balaban J connectivity index is 2.38.